The largest absolute Gasteiger partial charge is 0.387 e. The first kappa shape index (κ1) is 21.4. The molecule has 4 rings (SSSR count). The van der Waals surface area contributed by atoms with E-state index in [1.807, 2.05) is 42.0 Å². The molecule has 7 heteroatoms. The van der Waals surface area contributed by atoms with Crippen LogP contribution in [0.3, 0.4) is 0 Å². The van der Waals surface area contributed by atoms with Gasteiger partial charge in [-0.25, -0.2) is 9.37 Å². The van der Waals surface area contributed by atoms with Crippen molar-refractivity contribution in [2.24, 2.45) is 5.73 Å². The normalized spacial score (nSPS) is 11.8. The number of aliphatic hydroxyl groups is 1. The van der Waals surface area contributed by atoms with Gasteiger partial charge in [-0.15, -0.1) is 0 Å². The molecule has 2 aromatic carbocycles. The lowest BCUT2D eigenvalue weighted by Gasteiger charge is -2.13. The minimum absolute atomic E-state index is 0.122. The zero-order chi connectivity index (χ0) is 22.7. The average Bonchev–Trinajstić information content (AvgIpc) is 3.18. The second-order valence-corrected chi connectivity index (χ2v) is 7.52. The fourth-order valence-electron chi connectivity index (χ4n) is 3.58. The van der Waals surface area contributed by atoms with Crippen molar-refractivity contribution in [3.05, 3.63) is 95.3 Å². The van der Waals surface area contributed by atoms with Crippen LogP contribution in [0.4, 0.5) is 4.39 Å². The number of aliphatic hydroxyl groups excluding tert-OH is 1. The summed E-state index contributed by atoms with van der Waals surface area (Å²) in [6.07, 6.45) is 2.73. The highest BCUT2D eigenvalue weighted by Gasteiger charge is 2.13. The van der Waals surface area contributed by atoms with Crippen molar-refractivity contribution in [3.63, 3.8) is 0 Å². The van der Waals surface area contributed by atoms with Gasteiger partial charge in [0.25, 0.3) is 0 Å². The van der Waals surface area contributed by atoms with E-state index in [9.17, 15) is 14.8 Å². The number of rotatable bonds is 6. The third kappa shape index (κ3) is 4.42. The summed E-state index contributed by atoms with van der Waals surface area (Å²) in [6.45, 7) is 2.47. The van der Waals surface area contributed by atoms with Crippen LogP contribution in [0.15, 0.2) is 67.0 Å². The standard InChI is InChI=1S/C25H22FN5O/c1-16-30-24(18-3-2-4-21(26)10-18)15-31(16)14-20-9-17(11-27)5-7-22(20)23-8-6-19(13-29-23)25(32)12-28/h2-10,13,15,25,32H,12,14,28H2,1H3. The molecule has 160 valence electrons. The lowest BCUT2D eigenvalue weighted by molar-refractivity contribution is 0.186. The Labute approximate surface area is 185 Å². The van der Waals surface area contributed by atoms with Gasteiger partial charge in [0, 0.05) is 42.2 Å². The fourth-order valence-corrected chi connectivity index (χ4v) is 3.58. The van der Waals surface area contributed by atoms with Crippen molar-refractivity contribution < 1.29 is 9.50 Å². The van der Waals surface area contributed by atoms with Crippen molar-refractivity contribution in [1.82, 2.24) is 14.5 Å². The van der Waals surface area contributed by atoms with Gasteiger partial charge in [-0.2, -0.15) is 5.26 Å². The molecule has 1 unspecified atom stereocenters. The number of nitrogens with two attached hydrogens (primary N) is 1. The van der Waals surface area contributed by atoms with Crippen LogP contribution in [0.1, 0.15) is 28.6 Å². The lowest BCUT2D eigenvalue weighted by atomic mass is 10.00. The van der Waals surface area contributed by atoms with Gasteiger partial charge in [0.2, 0.25) is 0 Å². The Morgan fingerprint density at radius 3 is 2.69 bits per heavy atom. The van der Waals surface area contributed by atoms with Crippen molar-refractivity contribution in [3.8, 4) is 28.6 Å². The van der Waals surface area contributed by atoms with Crippen LogP contribution < -0.4 is 5.73 Å². The number of benzene rings is 2. The van der Waals surface area contributed by atoms with E-state index in [1.54, 1.807) is 24.4 Å². The quantitative estimate of drug-likeness (QED) is 0.485. The second kappa shape index (κ2) is 9.10. The van der Waals surface area contributed by atoms with E-state index in [0.717, 1.165) is 22.6 Å². The number of aryl methyl sites for hydroxylation is 1. The van der Waals surface area contributed by atoms with E-state index in [0.29, 0.717) is 28.9 Å². The van der Waals surface area contributed by atoms with Gasteiger partial charge in [0.1, 0.15) is 11.6 Å². The van der Waals surface area contributed by atoms with Crippen LogP contribution in [0.2, 0.25) is 0 Å². The molecule has 0 aliphatic carbocycles. The van der Waals surface area contributed by atoms with E-state index in [2.05, 4.69) is 16.0 Å². The molecular weight excluding hydrogens is 405 g/mol. The minimum Gasteiger partial charge on any atom is -0.387 e. The van der Waals surface area contributed by atoms with Gasteiger partial charge in [0.05, 0.1) is 29.1 Å². The molecule has 0 saturated heterocycles. The summed E-state index contributed by atoms with van der Waals surface area (Å²) in [6, 6.07) is 17.6. The number of pyridine rings is 1. The molecule has 3 N–H and O–H groups in total. The molecule has 0 amide bonds. The summed E-state index contributed by atoms with van der Waals surface area (Å²) in [7, 11) is 0. The zero-order valence-corrected chi connectivity index (χ0v) is 17.5. The highest BCUT2D eigenvalue weighted by atomic mass is 19.1. The number of hydrogen-bond acceptors (Lipinski definition) is 5. The molecule has 4 aromatic rings. The van der Waals surface area contributed by atoms with Crippen LogP contribution in [-0.2, 0) is 6.54 Å². The summed E-state index contributed by atoms with van der Waals surface area (Å²) in [5.74, 6) is 0.458. The monoisotopic (exact) mass is 427 g/mol. The molecule has 0 saturated carbocycles. The average molecular weight is 427 g/mol. The van der Waals surface area contributed by atoms with E-state index >= 15 is 0 Å². The summed E-state index contributed by atoms with van der Waals surface area (Å²) < 4.78 is 15.6. The van der Waals surface area contributed by atoms with Crippen molar-refractivity contribution >= 4 is 0 Å². The van der Waals surface area contributed by atoms with Crippen molar-refractivity contribution in [1.29, 1.82) is 5.26 Å². The van der Waals surface area contributed by atoms with Gasteiger partial charge in [-0.3, -0.25) is 4.98 Å². The smallest absolute Gasteiger partial charge is 0.123 e. The second-order valence-electron chi connectivity index (χ2n) is 7.52. The Hall–Kier alpha value is -3.86. The van der Waals surface area contributed by atoms with Gasteiger partial charge in [-0.05, 0) is 42.8 Å². The molecule has 0 bridgehead atoms. The molecule has 0 aliphatic rings. The highest BCUT2D eigenvalue weighted by molar-refractivity contribution is 5.65. The summed E-state index contributed by atoms with van der Waals surface area (Å²) in [5, 5.41) is 19.3. The topological polar surface area (TPSA) is 101 Å². The predicted octanol–water partition coefficient (Wildman–Crippen LogP) is 3.97. The Morgan fingerprint density at radius 1 is 1.16 bits per heavy atom. The third-order valence-corrected chi connectivity index (χ3v) is 5.34. The first-order chi connectivity index (χ1) is 15.5. The number of nitrogens with zero attached hydrogens (tertiary/aromatic N) is 4. The minimum atomic E-state index is -0.758. The van der Waals surface area contributed by atoms with Gasteiger partial charge < -0.3 is 15.4 Å². The Morgan fingerprint density at radius 2 is 2.00 bits per heavy atom. The third-order valence-electron chi connectivity index (χ3n) is 5.34. The molecule has 2 heterocycles. The SMILES string of the molecule is Cc1nc(-c2cccc(F)c2)cn1Cc1cc(C#N)ccc1-c1ccc(C(O)CN)cn1. The number of aromatic nitrogens is 3. The van der Waals surface area contributed by atoms with Gasteiger partial charge in [0.15, 0.2) is 0 Å². The van der Waals surface area contributed by atoms with Crippen LogP contribution >= 0.6 is 0 Å². The number of imidazole rings is 1. The van der Waals surface area contributed by atoms with E-state index in [4.69, 9.17) is 5.73 Å². The fraction of sp³-hybridized carbons (Fsp3) is 0.160. The molecule has 2 aromatic heterocycles. The molecule has 0 aliphatic heterocycles. The maximum absolute atomic E-state index is 13.6. The van der Waals surface area contributed by atoms with Gasteiger partial charge >= 0.3 is 0 Å². The summed E-state index contributed by atoms with van der Waals surface area (Å²) in [5.41, 5.74) is 10.6. The Balaban J connectivity index is 1.71. The van der Waals surface area contributed by atoms with Crippen LogP contribution in [0.5, 0.6) is 0 Å². The molecule has 32 heavy (non-hydrogen) atoms. The molecule has 0 spiro atoms. The Kier molecular flexibility index (Phi) is 6.08. The van der Waals surface area contributed by atoms with Crippen LogP contribution in [-0.4, -0.2) is 26.2 Å². The number of nitriles is 1. The van der Waals surface area contributed by atoms with E-state index in [1.165, 1.54) is 12.1 Å². The van der Waals surface area contributed by atoms with Crippen LogP contribution in [0.25, 0.3) is 22.5 Å². The summed E-state index contributed by atoms with van der Waals surface area (Å²) in [4.78, 5) is 9.08. The maximum Gasteiger partial charge on any atom is 0.123 e. The zero-order valence-electron chi connectivity index (χ0n) is 17.5. The molecule has 0 radical (unpaired) electrons. The van der Waals surface area contributed by atoms with Crippen molar-refractivity contribution in [2.75, 3.05) is 6.54 Å². The maximum atomic E-state index is 13.6. The number of hydrogen-bond donors (Lipinski definition) is 2. The van der Waals surface area contributed by atoms with E-state index < -0.39 is 6.10 Å². The first-order valence-corrected chi connectivity index (χ1v) is 10.2. The molecular formula is C25H22FN5O. The van der Waals surface area contributed by atoms with Gasteiger partial charge in [-0.1, -0.05) is 24.3 Å². The first-order valence-electron chi connectivity index (χ1n) is 10.2. The summed E-state index contributed by atoms with van der Waals surface area (Å²) >= 11 is 0. The van der Waals surface area contributed by atoms with Crippen molar-refractivity contribution in [2.45, 2.75) is 19.6 Å². The molecule has 0 fully saturated rings. The van der Waals surface area contributed by atoms with Crippen LogP contribution in [0, 0.1) is 24.1 Å². The highest BCUT2D eigenvalue weighted by Crippen LogP contribution is 2.27. The predicted molar refractivity (Wildman–Crippen MR) is 120 cm³/mol. The lowest BCUT2D eigenvalue weighted by Crippen LogP contribution is -2.11. The molecule has 1 atom stereocenters. The molecule has 6 nitrogen and oxygen atoms in total. The number of halogens is 1. The Bertz CT molecular complexity index is 1290. The van der Waals surface area contributed by atoms with E-state index in [-0.39, 0.29) is 12.4 Å².